The lowest BCUT2D eigenvalue weighted by Gasteiger charge is -2.00. The first-order chi connectivity index (χ1) is 9.13. The van der Waals surface area contributed by atoms with Crippen molar-refractivity contribution >= 4 is 23.5 Å². The molecular weight excluding hydrogens is 260 g/mol. The number of hydrogen-bond acceptors (Lipinski definition) is 4. The minimum atomic E-state index is -0.185. The highest BCUT2D eigenvalue weighted by Gasteiger charge is 2.01. The molecule has 0 aliphatic heterocycles. The van der Waals surface area contributed by atoms with Crippen LogP contribution in [0.5, 0.6) is 5.75 Å². The molecule has 2 aromatic rings. The van der Waals surface area contributed by atoms with E-state index in [4.69, 9.17) is 5.11 Å². The van der Waals surface area contributed by atoms with Crippen LogP contribution in [-0.4, -0.2) is 17.2 Å². The van der Waals surface area contributed by atoms with Crippen molar-refractivity contribution in [1.82, 2.24) is 5.43 Å². The van der Waals surface area contributed by atoms with Crippen LogP contribution in [-0.2, 0) is 11.2 Å². The smallest absolute Gasteiger partial charge is 0.244 e. The molecule has 0 atom stereocenters. The normalized spacial score (nSPS) is 10.8. The summed E-state index contributed by atoms with van der Waals surface area (Å²) >= 11 is 1.62. The molecule has 2 rings (SSSR count). The standard InChI is InChI=1S/C14H14N2O2S/c1-10-2-7-13(19-10)9-15-16-14(18)8-11-3-5-12(17)6-4-11/h2-7,9,17H,8H2,1H3,(H,16,18). The summed E-state index contributed by atoms with van der Waals surface area (Å²) in [7, 11) is 0. The predicted octanol–water partition coefficient (Wildman–Crippen LogP) is 2.45. The topological polar surface area (TPSA) is 61.7 Å². The van der Waals surface area contributed by atoms with Crippen LogP contribution in [0, 0.1) is 6.92 Å². The molecule has 0 bridgehead atoms. The number of nitrogens with zero attached hydrogens (tertiary/aromatic N) is 1. The third kappa shape index (κ3) is 4.22. The maximum absolute atomic E-state index is 11.6. The van der Waals surface area contributed by atoms with Crippen molar-refractivity contribution in [2.75, 3.05) is 0 Å². The summed E-state index contributed by atoms with van der Waals surface area (Å²) in [5.41, 5.74) is 3.31. The van der Waals surface area contributed by atoms with Crippen LogP contribution < -0.4 is 5.43 Å². The van der Waals surface area contributed by atoms with Crippen molar-refractivity contribution in [3.63, 3.8) is 0 Å². The Morgan fingerprint density at radius 3 is 2.68 bits per heavy atom. The Balaban J connectivity index is 1.84. The van der Waals surface area contributed by atoms with E-state index in [-0.39, 0.29) is 18.1 Å². The van der Waals surface area contributed by atoms with Crippen LogP contribution in [0.25, 0.3) is 0 Å². The summed E-state index contributed by atoms with van der Waals surface area (Å²) in [6.07, 6.45) is 1.87. The Bertz CT molecular complexity index is 588. The number of benzene rings is 1. The molecule has 98 valence electrons. The van der Waals surface area contributed by atoms with E-state index in [1.54, 1.807) is 41.8 Å². The van der Waals surface area contributed by atoms with E-state index in [0.29, 0.717) is 0 Å². The first-order valence-electron chi connectivity index (χ1n) is 5.80. The molecule has 4 nitrogen and oxygen atoms in total. The summed E-state index contributed by atoms with van der Waals surface area (Å²) < 4.78 is 0. The van der Waals surface area contributed by atoms with Gasteiger partial charge in [-0.1, -0.05) is 12.1 Å². The van der Waals surface area contributed by atoms with Crippen LogP contribution in [0.2, 0.25) is 0 Å². The third-order valence-corrected chi connectivity index (χ3v) is 3.38. The molecule has 0 unspecified atom stereocenters. The van der Waals surface area contributed by atoms with E-state index in [1.807, 2.05) is 19.1 Å². The SMILES string of the molecule is Cc1ccc(C=NNC(=O)Cc2ccc(O)cc2)s1. The minimum absolute atomic E-state index is 0.185. The van der Waals surface area contributed by atoms with E-state index >= 15 is 0 Å². The van der Waals surface area contributed by atoms with Crippen molar-refractivity contribution in [3.8, 4) is 5.75 Å². The van der Waals surface area contributed by atoms with E-state index in [2.05, 4.69) is 10.5 Å². The number of carbonyl (C=O) groups is 1. The minimum Gasteiger partial charge on any atom is -0.508 e. The lowest BCUT2D eigenvalue weighted by Crippen LogP contribution is -2.19. The molecule has 19 heavy (non-hydrogen) atoms. The molecule has 1 heterocycles. The van der Waals surface area contributed by atoms with Gasteiger partial charge in [0.25, 0.3) is 0 Å². The van der Waals surface area contributed by atoms with Gasteiger partial charge in [-0.25, -0.2) is 5.43 Å². The Hall–Kier alpha value is -2.14. The van der Waals surface area contributed by atoms with Gasteiger partial charge in [0.2, 0.25) is 5.91 Å². The highest BCUT2D eigenvalue weighted by molar-refractivity contribution is 7.13. The Kier molecular flexibility index (Phi) is 4.30. The summed E-state index contributed by atoms with van der Waals surface area (Å²) in [5, 5.41) is 13.0. The maximum atomic E-state index is 11.6. The maximum Gasteiger partial charge on any atom is 0.244 e. The number of hydrazone groups is 1. The molecular formula is C14H14N2O2S. The fourth-order valence-corrected chi connectivity index (χ4v) is 2.28. The fourth-order valence-electron chi connectivity index (χ4n) is 1.53. The average Bonchev–Trinajstić information content (AvgIpc) is 2.78. The monoisotopic (exact) mass is 274 g/mol. The number of aromatic hydroxyl groups is 1. The molecule has 2 N–H and O–H groups in total. The van der Waals surface area contributed by atoms with Crippen molar-refractivity contribution in [2.24, 2.45) is 5.10 Å². The van der Waals surface area contributed by atoms with Gasteiger partial charge in [0.15, 0.2) is 0 Å². The zero-order valence-corrected chi connectivity index (χ0v) is 11.3. The zero-order valence-electron chi connectivity index (χ0n) is 10.5. The lowest BCUT2D eigenvalue weighted by atomic mass is 10.1. The summed E-state index contributed by atoms with van der Waals surface area (Å²) in [4.78, 5) is 13.8. The van der Waals surface area contributed by atoms with Crippen molar-refractivity contribution < 1.29 is 9.90 Å². The Morgan fingerprint density at radius 1 is 1.32 bits per heavy atom. The van der Waals surface area contributed by atoms with E-state index < -0.39 is 0 Å². The van der Waals surface area contributed by atoms with E-state index in [0.717, 1.165) is 10.4 Å². The molecule has 5 heteroatoms. The van der Waals surface area contributed by atoms with Gasteiger partial charge in [0.1, 0.15) is 5.75 Å². The van der Waals surface area contributed by atoms with Gasteiger partial charge in [-0.05, 0) is 36.8 Å². The molecule has 0 saturated heterocycles. The van der Waals surface area contributed by atoms with Crippen LogP contribution in [0.15, 0.2) is 41.5 Å². The molecule has 1 amide bonds. The second-order valence-corrected chi connectivity index (χ2v) is 5.40. The number of rotatable bonds is 4. The highest BCUT2D eigenvalue weighted by Crippen LogP contribution is 2.12. The molecule has 1 aromatic heterocycles. The fraction of sp³-hybridized carbons (Fsp3) is 0.143. The lowest BCUT2D eigenvalue weighted by molar-refractivity contribution is -0.120. The highest BCUT2D eigenvalue weighted by atomic mass is 32.1. The Labute approximate surface area is 115 Å². The average molecular weight is 274 g/mol. The van der Waals surface area contributed by atoms with Gasteiger partial charge >= 0.3 is 0 Å². The van der Waals surface area contributed by atoms with Crippen molar-refractivity contribution in [3.05, 3.63) is 51.7 Å². The van der Waals surface area contributed by atoms with Gasteiger partial charge in [-0.3, -0.25) is 4.79 Å². The van der Waals surface area contributed by atoms with Crippen molar-refractivity contribution in [2.45, 2.75) is 13.3 Å². The molecule has 0 fully saturated rings. The molecule has 0 saturated carbocycles. The second-order valence-electron chi connectivity index (χ2n) is 4.08. The largest absolute Gasteiger partial charge is 0.508 e. The Morgan fingerprint density at radius 2 is 2.05 bits per heavy atom. The third-order valence-electron chi connectivity index (χ3n) is 2.44. The summed E-state index contributed by atoms with van der Waals surface area (Å²) in [6, 6.07) is 10.5. The number of phenolic OH excluding ortho intramolecular Hbond substituents is 1. The first kappa shape index (κ1) is 13.3. The first-order valence-corrected chi connectivity index (χ1v) is 6.61. The quantitative estimate of drug-likeness (QED) is 0.664. The van der Waals surface area contributed by atoms with Gasteiger partial charge in [0, 0.05) is 9.75 Å². The predicted molar refractivity (Wildman–Crippen MR) is 76.6 cm³/mol. The number of thiophene rings is 1. The molecule has 0 spiro atoms. The number of amides is 1. The molecule has 0 radical (unpaired) electrons. The molecule has 0 aliphatic carbocycles. The number of phenols is 1. The van der Waals surface area contributed by atoms with Crippen LogP contribution >= 0.6 is 11.3 Å². The second kappa shape index (κ2) is 6.15. The van der Waals surface area contributed by atoms with Crippen LogP contribution in [0.3, 0.4) is 0 Å². The summed E-state index contributed by atoms with van der Waals surface area (Å²) in [5.74, 6) is 0.00506. The van der Waals surface area contributed by atoms with Gasteiger partial charge in [0.05, 0.1) is 12.6 Å². The number of aryl methyl sites for hydroxylation is 1. The summed E-state index contributed by atoms with van der Waals surface area (Å²) in [6.45, 7) is 2.02. The van der Waals surface area contributed by atoms with Crippen LogP contribution in [0.4, 0.5) is 0 Å². The molecule has 1 aromatic carbocycles. The van der Waals surface area contributed by atoms with Gasteiger partial charge < -0.3 is 5.11 Å². The van der Waals surface area contributed by atoms with E-state index in [1.165, 1.54) is 4.88 Å². The number of nitrogens with one attached hydrogen (secondary N) is 1. The zero-order chi connectivity index (χ0) is 13.7. The number of carbonyl (C=O) groups excluding carboxylic acids is 1. The van der Waals surface area contributed by atoms with Crippen molar-refractivity contribution in [1.29, 1.82) is 0 Å². The van der Waals surface area contributed by atoms with Gasteiger partial charge in [-0.15, -0.1) is 11.3 Å². The molecule has 0 aliphatic rings. The van der Waals surface area contributed by atoms with Crippen LogP contribution in [0.1, 0.15) is 15.3 Å². The van der Waals surface area contributed by atoms with Gasteiger partial charge in [-0.2, -0.15) is 5.10 Å². The van der Waals surface area contributed by atoms with E-state index in [9.17, 15) is 4.79 Å². The number of hydrogen-bond donors (Lipinski definition) is 2.